The predicted molar refractivity (Wildman–Crippen MR) is 59.4 cm³/mol. The summed E-state index contributed by atoms with van der Waals surface area (Å²) in [6.45, 7) is 0. The zero-order valence-electron chi connectivity index (χ0n) is 8.59. The minimum atomic E-state index is -0.476. The molecule has 1 aromatic carbocycles. The highest BCUT2D eigenvalue weighted by Gasteiger charge is 2.39. The molecule has 0 aliphatic heterocycles. The summed E-state index contributed by atoms with van der Waals surface area (Å²) in [5.41, 5.74) is 6.29. The number of hydrogen-bond donors (Lipinski definition) is 2. The van der Waals surface area contributed by atoms with Gasteiger partial charge in [-0.15, -0.1) is 0 Å². The van der Waals surface area contributed by atoms with Crippen molar-refractivity contribution in [3.8, 4) is 11.5 Å². The molecule has 0 aromatic heterocycles. The van der Waals surface area contributed by atoms with Gasteiger partial charge in [0.25, 0.3) is 0 Å². The van der Waals surface area contributed by atoms with Crippen molar-refractivity contribution in [2.24, 2.45) is 5.73 Å². The number of rotatable bonds is 2. The van der Waals surface area contributed by atoms with E-state index < -0.39 is 5.54 Å². The normalized spacial score (nSPS) is 18.3. The predicted octanol–water partition coefficient (Wildman–Crippen LogP) is 2.39. The van der Waals surface area contributed by atoms with Gasteiger partial charge in [-0.3, -0.25) is 0 Å². The van der Waals surface area contributed by atoms with E-state index in [0.717, 1.165) is 19.3 Å². The Labute approximate surface area is 93.8 Å². The molecule has 0 unspecified atom stereocenters. The first kappa shape index (κ1) is 10.6. The SMILES string of the molecule is COc1ccc(Cl)c(C2(N)CCC2)c1O. The lowest BCUT2D eigenvalue weighted by atomic mass is 9.72. The average Bonchev–Trinajstić information content (AvgIpc) is 2.15. The Morgan fingerprint density at radius 1 is 1.47 bits per heavy atom. The van der Waals surface area contributed by atoms with Gasteiger partial charge in [0.1, 0.15) is 0 Å². The Bertz CT molecular complexity index is 388. The van der Waals surface area contributed by atoms with Gasteiger partial charge in [0, 0.05) is 16.1 Å². The van der Waals surface area contributed by atoms with E-state index in [1.165, 1.54) is 7.11 Å². The number of halogens is 1. The molecular formula is C11H14ClNO2. The van der Waals surface area contributed by atoms with Gasteiger partial charge in [-0.2, -0.15) is 0 Å². The minimum absolute atomic E-state index is 0.0761. The Morgan fingerprint density at radius 2 is 2.13 bits per heavy atom. The third-order valence-corrected chi connectivity index (χ3v) is 3.37. The summed E-state index contributed by atoms with van der Waals surface area (Å²) in [7, 11) is 1.51. The van der Waals surface area contributed by atoms with Gasteiger partial charge in [0.05, 0.1) is 7.11 Å². The van der Waals surface area contributed by atoms with Gasteiger partial charge < -0.3 is 15.6 Å². The molecule has 4 heteroatoms. The lowest BCUT2D eigenvalue weighted by Crippen LogP contribution is -2.43. The molecule has 1 aliphatic rings. The fraction of sp³-hybridized carbons (Fsp3) is 0.455. The number of methoxy groups -OCH3 is 1. The van der Waals surface area contributed by atoms with Gasteiger partial charge >= 0.3 is 0 Å². The summed E-state index contributed by atoms with van der Waals surface area (Å²) < 4.78 is 5.04. The van der Waals surface area contributed by atoms with Crippen molar-refractivity contribution < 1.29 is 9.84 Å². The molecule has 0 atom stereocenters. The lowest BCUT2D eigenvalue weighted by Gasteiger charge is -2.39. The zero-order chi connectivity index (χ0) is 11.1. The van der Waals surface area contributed by atoms with Gasteiger partial charge in [0.2, 0.25) is 0 Å². The van der Waals surface area contributed by atoms with Gasteiger partial charge in [-0.25, -0.2) is 0 Å². The van der Waals surface area contributed by atoms with Crippen molar-refractivity contribution >= 4 is 11.6 Å². The van der Waals surface area contributed by atoms with Crippen LogP contribution in [0.2, 0.25) is 5.02 Å². The van der Waals surface area contributed by atoms with E-state index in [-0.39, 0.29) is 5.75 Å². The van der Waals surface area contributed by atoms with E-state index in [2.05, 4.69) is 0 Å². The molecule has 1 fully saturated rings. The molecule has 2 rings (SSSR count). The summed E-state index contributed by atoms with van der Waals surface area (Å²) in [4.78, 5) is 0. The highest BCUT2D eigenvalue weighted by Crippen LogP contribution is 2.48. The monoisotopic (exact) mass is 227 g/mol. The van der Waals surface area contributed by atoms with Crippen LogP contribution in [0.25, 0.3) is 0 Å². The van der Waals surface area contributed by atoms with Crippen molar-refractivity contribution in [1.29, 1.82) is 0 Å². The molecule has 0 saturated heterocycles. The molecule has 1 aromatic rings. The molecule has 0 radical (unpaired) electrons. The molecular weight excluding hydrogens is 214 g/mol. The van der Waals surface area contributed by atoms with Gasteiger partial charge in [0.15, 0.2) is 11.5 Å². The number of benzene rings is 1. The first-order valence-corrected chi connectivity index (χ1v) is 5.31. The van der Waals surface area contributed by atoms with Gasteiger partial charge in [-0.1, -0.05) is 11.6 Å². The highest BCUT2D eigenvalue weighted by molar-refractivity contribution is 6.31. The number of hydrogen-bond acceptors (Lipinski definition) is 3. The summed E-state index contributed by atoms with van der Waals surface area (Å²) >= 11 is 6.06. The van der Waals surface area contributed by atoms with Crippen LogP contribution < -0.4 is 10.5 Å². The zero-order valence-corrected chi connectivity index (χ0v) is 9.34. The van der Waals surface area contributed by atoms with E-state index in [4.69, 9.17) is 22.1 Å². The molecule has 1 saturated carbocycles. The maximum absolute atomic E-state index is 9.98. The van der Waals surface area contributed by atoms with Crippen LogP contribution in [0.4, 0.5) is 0 Å². The minimum Gasteiger partial charge on any atom is -0.504 e. The third-order valence-electron chi connectivity index (χ3n) is 3.05. The van der Waals surface area contributed by atoms with E-state index in [1.54, 1.807) is 12.1 Å². The smallest absolute Gasteiger partial charge is 0.164 e. The average molecular weight is 228 g/mol. The third kappa shape index (κ3) is 1.56. The second-order valence-electron chi connectivity index (χ2n) is 3.98. The Morgan fingerprint density at radius 3 is 2.60 bits per heavy atom. The van der Waals surface area contributed by atoms with Crippen molar-refractivity contribution in [3.05, 3.63) is 22.7 Å². The molecule has 82 valence electrons. The largest absolute Gasteiger partial charge is 0.504 e. The molecule has 3 N–H and O–H groups in total. The van der Waals surface area contributed by atoms with Gasteiger partial charge in [-0.05, 0) is 31.4 Å². The number of aromatic hydroxyl groups is 1. The Kier molecular flexibility index (Phi) is 2.52. The van der Waals surface area contributed by atoms with Crippen molar-refractivity contribution in [2.75, 3.05) is 7.11 Å². The van der Waals surface area contributed by atoms with E-state index in [1.807, 2.05) is 0 Å². The summed E-state index contributed by atoms with van der Waals surface area (Å²) in [5, 5.41) is 10.5. The summed E-state index contributed by atoms with van der Waals surface area (Å²) in [6, 6.07) is 3.35. The van der Waals surface area contributed by atoms with Crippen LogP contribution in [0.15, 0.2) is 12.1 Å². The Balaban J connectivity index is 2.53. The summed E-state index contributed by atoms with van der Waals surface area (Å²) in [6.07, 6.45) is 2.78. The quantitative estimate of drug-likeness (QED) is 0.816. The standard InChI is InChI=1S/C11H14ClNO2/c1-15-8-4-3-7(12)9(10(8)14)11(13)5-2-6-11/h3-4,14H,2,5-6,13H2,1H3. The number of phenolic OH excluding ortho intramolecular Hbond substituents is 1. The molecule has 0 spiro atoms. The molecule has 0 bridgehead atoms. The van der Waals surface area contributed by atoms with Crippen LogP contribution in [0.1, 0.15) is 24.8 Å². The molecule has 0 amide bonds. The van der Waals surface area contributed by atoms with Crippen molar-refractivity contribution in [1.82, 2.24) is 0 Å². The summed E-state index contributed by atoms with van der Waals surface area (Å²) in [5.74, 6) is 0.498. The maximum Gasteiger partial charge on any atom is 0.164 e. The first-order valence-electron chi connectivity index (χ1n) is 4.93. The highest BCUT2D eigenvalue weighted by atomic mass is 35.5. The fourth-order valence-electron chi connectivity index (χ4n) is 1.99. The Hall–Kier alpha value is -0.930. The second kappa shape index (κ2) is 3.58. The van der Waals surface area contributed by atoms with Crippen LogP contribution in [0, 0.1) is 0 Å². The number of ether oxygens (including phenoxy) is 1. The topological polar surface area (TPSA) is 55.5 Å². The fourth-order valence-corrected chi connectivity index (χ4v) is 2.33. The van der Waals surface area contributed by atoms with Crippen LogP contribution in [0.3, 0.4) is 0 Å². The lowest BCUT2D eigenvalue weighted by molar-refractivity contribution is 0.242. The second-order valence-corrected chi connectivity index (χ2v) is 4.39. The van der Waals surface area contributed by atoms with Crippen molar-refractivity contribution in [3.63, 3.8) is 0 Å². The molecule has 15 heavy (non-hydrogen) atoms. The van der Waals surface area contributed by atoms with E-state index >= 15 is 0 Å². The van der Waals surface area contributed by atoms with Crippen LogP contribution in [-0.4, -0.2) is 12.2 Å². The molecule has 3 nitrogen and oxygen atoms in total. The molecule has 0 heterocycles. The van der Waals surface area contributed by atoms with Crippen molar-refractivity contribution in [2.45, 2.75) is 24.8 Å². The van der Waals surface area contributed by atoms with E-state index in [0.29, 0.717) is 16.3 Å². The van der Waals surface area contributed by atoms with Crippen LogP contribution in [0.5, 0.6) is 11.5 Å². The van der Waals surface area contributed by atoms with E-state index in [9.17, 15) is 5.11 Å². The maximum atomic E-state index is 9.98. The molecule has 1 aliphatic carbocycles. The number of nitrogens with two attached hydrogens (primary N) is 1. The van der Waals surface area contributed by atoms with Crippen LogP contribution >= 0.6 is 11.6 Å². The van der Waals surface area contributed by atoms with Crippen LogP contribution in [-0.2, 0) is 5.54 Å². The first-order chi connectivity index (χ1) is 7.08. The number of phenols is 1.